The normalized spacial score (nSPS) is 10.9. The molecule has 5 aromatic carbocycles. The van der Waals surface area contributed by atoms with Gasteiger partial charge >= 0.3 is 5.97 Å². The number of anilines is 3. The number of aromatic nitrogens is 1. The third-order valence-corrected chi connectivity index (χ3v) is 7.97. The molecule has 0 saturated carbocycles. The summed E-state index contributed by atoms with van der Waals surface area (Å²) in [6, 6.07) is 42.8. The Bertz CT molecular complexity index is 1780. The van der Waals surface area contributed by atoms with E-state index in [-0.39, 0.29) is 18.6 Å². The topological polar surface area (TPSA) is 59.5 Å². The van der Waals surface area contributed by atoms with Crippen molar-refractivity contribution in [3.8, 4) is 27.4 Å². The molecule has 0 atom stereocenters. The van der Waals surface area contributed by atoms with E-state index in [0.29, 0.717) is 5.75 Å². The van der Waals surface area contributed by atoms with Gasteiger partial charge in [0.15, 0.2) is 0 Å². The van der Waals surface area contributed by atoms with Gasteiger partial charge in [0.2, 0.25) is 0 Å². The van der Waals surface area contributed by atoms with E-state index in [0.717, 1.165) is 49.0 Å². The van der Waals surface area contributed by atoms with Crippen molar-refractivity contribution in [2.75, 3.05) is 4.90 Å². The Hall–Kier alpha value is -5.07. The molecule has 0 radical (unpaired) electrons. The average Bonchev–Trinajstić information content (AvgIpc) is 3.46. The number of hydrogen-bond acceptors (Lipinski definition) is 6. The third-order valence-electron chi connectivity index (χ3n) is 6.90. The zero-order valence-corrected chi connectivity index (χ0v) is 23.9. The lowest BCUT2D eigenvalue weighted by Gasteiger charge is -2.25. The van der Waals surface area contributed by atoms with Gasteiger partial charge in [0.05, 0.1) is 22.2 Å². The highest BCUT2D eigenvalue weighted by molar-refractivity contribution is 7.21. The number of thiazole rings is 1. The molecule has 206 valence electrons. The molecule has 0 N–H and O–H groups in total. The molecule has 0 amide bonds. The smallest absolute Gasteiger partial charge is 0.311 e. The van der Waals surface area contributed by atoms with Crippen molar-refractivity contribution >= 4 is 50.4 Å². The summed E-state index contributed by atoms with van der Waals surface area (Å²) in [5.41, 5.74) is 6.82. The van der Waals surface area contributed by atoms with Crippen LogP contribution in [0.4, 0.5) is 17.1 Å². The number of esters is 1. The van der Waals surface area contributed by atoms with E-state index in [2.05, 4.69) is 53.4 Å². The number of nitrogens with zero attached hydrogens (tertiary/aromatic N) is 2. The van der Waals surface area contributed by atoms with Crippen molar-refractivity contribution in [2.24, 2.45) is 0 Å². The SMILES string of the molecule is CC(=O)CCC(=O)Oc1ccc(-c2ccc(N(c3ccccc3)c3ccccc3)cc2)cc1-c1nc2ccccc2s1. The molecule has 0 fully saturated rings. The average molecular weight is 569 g/mol. The van der Waals surface area contributed by atoms with E-state index in [1.54, 1.807) is 11.3 Å². The number of rotatable bonds is 9. The van der Waals surface area contributed by atoms with E-state index in [1.807, 2.05) is 78.9 Å². The number of Topliss-reactive ketones (excluding diaryl/α,β-unsaturated/α-hetero) is 1. The second-order valence-electron chi connectivity index (χ2n) is 9.93. The molecule has 1 heterocycles. The number of para-hydroxylation sites is 3. The van der Waals surface area contributed by atoms with Gasteiger partial charge in [-0.1, -0.05) is 66.7 Å². The minimum atomic E-state index is -0.438. The van der Waals surface area contributed by atoms with Crippen LogP contribution in [0.25, 0.3) is 31.9 Å². The molecule has 0 unspecified atom stereocenters. The highest BCUT2D eigenvalue weighted by atomic mass is 32.1. The first-order chi connectivity index (χ1) is 20.5. The number of ketones is 1. The van der Waals surface area contributed by atoms with Gasteiger partial charge in [-0.3, -0.25) is 4.79 Å². The molecule has 6 heteroatoms. The van der Waals surface area contributed by atoms with E-state index >= 15 is 0 Å². The van der Waals surface area contributed by atoms with E-state index in [1.165, 1.54) is 6.92 Å². The van der Waals surface area contributed by atoms with Gasteiger partial charge in [-0.15, -0.1) is 11.3 Å². The van der Waals surface area contributed by atoms with Crippen molar-refractivity contribution in [2.45, 2.75) is 19.8 Å². The molecule has 0 saturated heterocycles. The zero-order chi connectivity index (χ0) is 28.9. The molecule has 6 aromatic rings. The van der Waals surface area contributed by atoms with Crippen LogP contribution in [0.5, 0.6) is 5.75 Å². The molecule has 42 heavy (non-hydrogen) atoms. The lowest BCUT2D eigenvalue weighted by Crippen LogP contribution is -2.10. The molecule has 0 aliphatic heterocycles. The fourth-order valence-corrected chi connectivity index (χ4v) is 5.80. The molecule has 0 aliphatic carbocycles. The van der Waals surface area contributed by atoms with Gasteiger partial charge < -0.3 is 14.4 Å². The molecule has 0 bridgehead atoms. The summed E-state index contributed by atoms with van der Waals surface area (Å²) in [5.74, 6) is -0.0517. The highest BCUT2D eigenvalue weighted by Gasteiger charge is 2.17. The summed E-state index contributed by atoms with van der Waals surface area (Å²) in [5, 5.41) is 0.767. The summed E-state index contributed by atoms with van der Waals surface area (Å²) in [6.07, 6.45) is 0.194. The van der Waals surface area contributed by atoms with Gasteiger partial charge in [-0.2, -0.15) is 0 Å². The lowest BCUT2D eigenvalue weighted by atomic mass is 10.0. The molecule has 5 nitrogen and oxygen atoms in total. The van der Waals surface area contributed by atoms with Crippen molar-refractivity contribution < 1.29 is 14.3 Å². The number of carbonyl (C=O) groups is 2. The third kappa shape index (κ3) is 5.99. The summed E-state index contributed by atoms with van der Waals surface area (Å²) < 4.78 is 6.81. The molecule has 1 aromatic heterocycles. The van der Waals surface area contributed by atoms with Gasteiger partial charge in [-0.05, 0) is 78.7 Å². The summed E-state index contributed by atoms with van der Waals surface area (Å²) in [6.45, 7) is 1.47. The largest absolute Gasteiger partial charge is 0.426 e. The minimum absolute atomic E-state index is 0.0388. The Balaban J connectivity index is 1.37. The monoisotopic (exact) mass is 568 g/mol. The Kier molecular flexibility index (Phi) is 7.88. The molecule has 0 aliphatic rings. The number of fused-ring (bicyclic) bond motifs is 1. The van der Waals surface area contributed by atoms with Crippen LogP contribution in [0.1, 0.15) is 19.8 Å². The van der Waals surface area contributed by atoms with E-state index in [4.69, 9.17) is 9.72 Å². The van der Waals surface area contributed by atoms with Crippen molar-refractivity contribution in [1.29, 1.82) is 0 Å². The maximum absolute atomic E-state index is 12.6. The second-order valence-corrected chi connectivity index (χ2v) is 11.0. The van der Waals surface area contributed by atoms with Crippen LogP contribution >= 0.6 is 11.3 Å². The van der Waals surface area contributed by atoms with Gasteiger partial charge in [0, 0.05) is 23.5 Å². The van der Waals surface area contributed by atoms with Crippen LogP contribution in [0.3, 0.4) is 0 Å². The highest BCUT2D eigenvalue weighted by Crippen LogP contribution is 2.40. The van der Waals surface area contributed by atoms with Crippen LogP contribution < -0.4 is 9.64 Å². The molecular weight excluding hydrogens is 540 g/mol. The van der Waals surface area contributed by atoms with Crippen molar-refractivity contribution in [1.82, 2.24) is 4.98 Å². The van der Waals surface area contributed by atoms with Crippen molar-refractivity contribution in [3.05, 3.63) is 127 Å². The van der Waals surface area contributed by atoms with E-state index in [9.17, 15) is 9.59 Å². The fourth-order valence-electron chi connectivity index (χ4n) is 4.81. The van der Waals surface area contributed by atoms with Crippen LogP contribution in [-0.4, -0.2) is 16.7 Å². The number of ether oxygens (including phenoxy) is 1. The molecule has 0 spiro atoms. The van der Waals surface area contributed by atoms with Crippen LogP contribution in [0.15, 0.2) is 127 Å². The number of benzene rings is 5. The Labute approximate surface area is 248 Å². The standard InChI is InChI=1S/C36H28N2O3S/c1-25(39)16-23-35(40)41-33-22-19-27(24-31(33)36-37-32-14-8-9-15-34(32)42-36)26-17-20-30(21-18-26)38(28-10-4-2-5-11-28)29-12-6-3-7-13-29/h2-15,17-22,24H,16,23H2,1H3. The summed E-state index contributed by atoms with van der Waals surface area (Å²) in [7, 11) is 0. The second kappa shape index (κ2) is 12.2. The predicted octanol–water partition coefficient (Wildman–Crippen LogP) is 9.37. The Morgan fingerprint density at radius 3 is 1.93 bits per heavy atom. The van der Waals surface area contributed by atoms with E-state index < -0.39 is 5.97 Å². The summed E-state index contributed by atoms with van der Waals surface area (Å²) in [4.78, 5) is 31.0. The Morgan fingerprint density at radius 1 is 0.690 bits per heavy atom. The van der Waals surface area contributed by atoms with Crippen LogP contribution in [0, 0.1) is 0 Å². The van der Waals surface area contributed by atoms with Crippen LogP contribution in [-0.2, 0) is 9.59 Å². The molecule has 6 rings (SSSR count). The van der Waals surface area contributed by atoms with Gasteiger partial charge in [0.1, 0.15) is 16.5 Å². The maximum Gasteiger partial charge on any atom is 0.311 e. The minimum Gasteiger partial charge on any atom is -0.426 e. The summed E-state index contributed by atoms with van der Waals surface area (Å²) >= 11 is 1.55. The predicted molar refractivity (Wildman–Crippen MR) is 171 cm³/mol. The van der Waals surface area contributed by atoms with Gasteiger partial charge in [-0.25, -0.2) is 4.98 Å². The maximum atomic E-state index is 12.6. The lowest BCUT2D eigenvalue weighted by molar-refractivity contribution is -0.135. The quantitative estimate of drug-likeness (QED) is 0.128. The zero-order valence-electron chi connectivity index (χ0n) is 23.1. The first-order valence-corrected chi connectivity index (χ1v) is 14.6. The number of carbonyl (C=O) groups excluding carboxylic acids is 2. The van der Waals surface area contributed by atoms with Gasteiger partial charge in [0.25, 0.3) is 0 Å². The van der Waals surface area contributed by atoms with Crippen molar-refractivity contribution in [3.63, 3.8) is 0 Å². The van der Waals surface area contributed by atoms with Crippen LogP contribution in [0.2, 0.25) is 0 Å². The first kappa shape index (κ1) is 27.1. The fraction of sp³-hybridized carbons (Fsp3) is 0.0833. The first-order valence-electron chi connectivity index (χ1n) is 13.8. The Morgan fingerprint density at radius 2 is 1.29 bits per heavy atom. The number of hydrogen-bond donors (Lipinski definition) is 0. The molecular formula is C36H28N2O3S.